The van der Waals surface area contributed by atoms with E-state index in [1.165, 1.54) is 11.3 Å². The topological polar surface area (TPSA) is 39.1 Å². The Bertz CT molecular complexity index is 561. The zero-order valence-corrected chi connectivity index (χ0v) is 13.4. The molecule has 0 saturated heterocycles. The highest BCUT2D eigenvalue weighted by Gasteiger charge is 2.11. The molecule has 1 aromatic carbocycles. The highest BCUT2D eigenvalue weighted by Crippen LogP contribution is 2.14. The van der Waals surface area contributed by atoms with E-state index in [1.54, 1.807) is 0 Å². The van der Waals surface area contributed by atoms with Crippen molar-refractivity contribution < 1.29 is 4.74 Å². The molecule has 0 amide bonds. The summed E-state index contributed by atoms with van der Waals surface area (Å²) in [6.07, 6.45) is 0. The summed E-state index contributed by atoms with van der Waals surface area (Å²) in [5.41, 5.74) is 3.61. The van der Waals surface area contributed by atoms with E-state index in [9.17, 15) is 0 Å². The first-order chi connectivity index (χ1) is 10.1. The van der Waals surface area contributed by atoms with Gasteiger partial charge in [-0.1, -0.05) is 32.0 Å². The summed E-state index contributed by atoms with van der Waals surface area (Å²) < 4.78 is 7.77. The van der Waals surface area contributed by atoms with Crippen LogP contribution < -0.4 is 10.1 Å². The van der Waals surface area contributed by atoms with Gasteiger partial charge in [-0.25, -0.2) is 0 Å². The fraction of sp³-hybridized carbons (Fsp3) is 0.471. The number of hydrogen-bond donors (Lipinski definition) is 1. The van der Waals surface area contributed by atoms with Crippen LogP contribution in [0.3, 0.4) is 0 Å². The third-order valence-corrected chi connectivity index (χ3v) is 3.53. The molecule has 0 saturated carbocycles. The molecule has 1 N–H and O–H groups in total. The van der Waals surface area contributed by atoms with E-state index in [2.05, 4.69) is 38.1 Å². The van der Waals surface area contributed by atoms with Crippen LogP contribution >= 0.6 is 0 Å². The average Bonchev–Trinajstić information content (AvgIpc) is 2.72. The average molecular weight is 287 g/mol. The van der Waals surface area contributed by atoms with Crippen LogP contribution in [0.25, 0.3) is 0 Å². The fourth-order valence-electron chi connectivity index (χ4n) is 2.28. The number of nitrogens with one attached hydrogen (secondary N) is 1. The van der Waals surface area contributed by atoms with E-state index in [1.807, 2.05) is 35.0 Å². The lowest BCUT2D eigenvalue weighted by Crippen LogP contribution is -2.22. The Morgan fingerprint density at radius 2 is 1.90 bits per heavy atom. The standard InChI is InChI=1S/C17H25N3O/c1-13(2)18-12-17-14(3)19-20(15(17)4)10-11-21-16-8-6-5-7-9-16/h5-9,13,18H,10-12H2,1-4H3. The first kappa shape index (κ1) is 15.6. The minimum absolute atomic E-state index is 0.480. The lowest BCUT2D eigenvalue weighted by atomic mass is 10.2. The van der Waals surface area contributed by atoms with Crippen LogP contribution in [0, 0.1) is 13.8 Å². The molecule has 0 spiro atoms. The zero-order valence-electron chi connectivity index (χ0n) is 13.4. The molecular formula is C17H25N3O. The quantitative estimate of drug-likeness (QED) is 0.850. The van der Waals surface area contributed by atoms with Crippen molar-refractivity contribution in [2.75, 3.05) is 6.61 Å². The predicted octanol–water partition coefficient (Wildman–Crippen LogP) is 3.08. The van der Waals surface area contributed by atoms with Crippen LogP contribution in [0.4, 0.5) is 0 Å². The number of benzene rings is 1. The Labute approximate surface area is 127 Å². The molecule has 0 fully saturated rings. The molecule has 0 aliphatic carbocycles. The van der Waals surface area contributed by atoms with Gasteiger partial charge in [0, 0.05) is 23.8 Å². The van der Waals surface area contributed by atoms with Crippen molar-refractivity contribution in [2.24, 2.45) is 0 Å². The molecule has 2 rings (SSSR count). The highest BCUT2D eigenvalue weighted by molar-refractivity contribution is 5.24. The summed E-state index contributed by atoms with van der Waals surface area (Å²) in [5, 5.41) is 8.07. The summed E-state index contributed by atoms with van der Waals surface area (Å²) in [5.74, 6) is 0.903. The first-order valence-corrected chi connectivity index (χ1v) is 7.52. The second-order valence-electron chi connectivity index (χ2n) is 5.57. The second-order valence-corrected chi connectivity index (χ2v) is 5.57. The third kappa shape index (κ3) is 4.33. The Balaban J connectivity index is 1.93. The molecule has 4 nitrogen and oxygen atoms in total. The first-order valence-electron chi connectivity index (χ1n) is 7.52. The molecule has 0 atom stereocenters. The SMILES string of the molecule is Cc1nn(CCOc2ccccc2)c(C)c1CNC(C)C. The van der Waals surface area contributed by atoms with Gasteiger partial charge in [0.05, 0.1) is 12.2 Å². The van der Waals surface area contributed by atoms with Crippen molar-refractivity contribution in [1.82, 2.24) is 15.1 Å². The maximum absolute atomic E-state index is 5.74. The number of aryl methyl sites for hydroxylation is 1. The molecule has 21 heavy (non-hydrogen) atoms. The monoisotopic (exact) mass is 287 g/mol. The number of ether oxygens (including phenoxy) is 1. The van der Waals surface area contributed by atoms with Gasteiger partial charge in [0.25, 0.3) is 0 Å². The number of nitrogens with zero attached hydrogens (tertiary/aromatic N) is 2. The molecule has 0 aliphatic rings. The highest BCUT2D eigenvalue weighted by atomic mass is 16.5. The summed E-state index contributed by atoms with van der Waals surface area (Å²) in [6, 6.07) is 10.4. The van der Waals surface area contributed by atoms with E-state index in [0.717, 1.165) is 24.5 Å². The van der Waals surface area contributed by atoms with Gasteiger partial charge in [-0.3, -0.25) is 4.68 Å². The number of hydrogen-bond acceptors (Lipinski definition) is 3. The Morgan fingerprint density at radius 3 is 2.57 bits per heavy atom. The molecule has 1 heterocycles. The van der Waals surface area contributed by atoms with Gasteiger partial charge in [-0.15, -0.1) is 0 Å². The van der Waals surface area contributed by atoms with E-state index >= 15 is 0 Å². The smallest absolute Gasteiger partial charge is 0.119 e. The molecule has 0 unspecified atom stereocenters. The van der Waals surface area contributed by atoms with Crippen molar-refractivity contribution in [3.8, 4) is 5.75 Å². The van der Waals surface area contributed by atoms with E-state index in [0.29, 0.717) is 12.6 Å². The lowest BCUT2D eigenvalue weighted by Gasteiger charge is -2.09. The fourth-order valence-corrected chi connectivity index (χ4v) is 2.28. The molecule has 2 aromatic rings. The van der Waals surface area contributed by atoms with E-state index < -0.39 is 0 Å². The van der Waals surface area contributed by atoms with Gasteiger partial charge in [0.1, 0.15) is 12.4 Å². The van der Waals surface area contributed by atoms with Crippen LogP contribution in [0.15, 0.2) is 30.3 Å². The van der Waals surface area contributed by atoms with Crippen LogP contribution in [-0.2, 0) is 13.1 Å². The summed E-state index contributed by atoms with van der Waals surface area (Å²) >= 11 is 0. The maximum atomic E-state index is 5.74. The van der Waals surface area contributed by atoms with Crippen molar-refractivity contribution in [3.63, 3.8) is 0 Å². The normalized spacial score (nSPS) is 11.1. The molecule has 0 bridgehead atoms. The third-order valence-electron chi connectivity index (χ3n) is 3.53. The minimum Gasteiger partial charge on any atom is -0.492 e. The van der Waals surface area contributed by atoms with Crippen LogP contribution in [0.2, 0.25) is 0 Å². The maximum Gasteiger partial charge on any atom is 0.119 e. The number of para-hydroxylation sites is 1. The van der Waals surface area contributed by atoms with Gasteiger partial charge in [0.2, 0.25) is 0 Å². The molecule has 0 radical (unpaired) electrons. The van der Waals surface area contributed by atoms with Crippen LogP contribution in [-0.4, -0.2) is 22.4 Å². The van der Waals surface area contributed by atoms with Crippen molar-refractivity contribution in [2.45, 2.75) is 46.8 Å². The molecule has 0 aliphatic heterocycles. The van der Waals surface area contributed by atoms with Gasteiger partial charge in [-0.05, 0) is 26.0 Å². The summed E-state index contributed by atoms with van der Waals surface area (Å²) in [4.78, 5) is 0. The van der Waals surface area contributed by atoms with Crippen molar-refractivity contribution >= 4 is 0 Å². The van der Waals surface area contributed by atoms with Crippen molar-refractivity contribution in [1.29, 1.82) is 0 Å². The minimum atomic E-state index is 0.480. The van der Waals surface area contributed by atoms with E-state index in [4.69, 9.17) is 4.74 Å². The van der Waals surface area contributed by atoms with E-state index in [-0.39, 0.29) is 0 Å². The second kappa shape index (κ2) is 7.27. The van der Waals surface area contributed by atoms with Gasteiger partial charge in [-0.2, -0.15) is 5.10 Å². The summed E-state index contributed by atoms with van der Waals surface area (Å²) in [7, 11) is 0. The predicted molar refractivity (Wildman–Crippen MR) is 85.6 cm³/mol. The van der Waals surface area contributed by atoms with Gasteiger partial charge >= 0.3 is 0 Å². The molecular weight excluding hydrogens is 262 g/mol. The molecule has 114 valence electrons. The Hall–Kier alpha value is -1.81. The Morgan fingerprint density at radius 1 is 1.19 bits per heavy atom. The number of aromatic nitrogens is 2. The largest absolute Gasteiger partial charge is 0.492 e. The van der Waals surface area contributed by atoms with Gasteiger partial charge in [0.15, 0.2) is 0 Å². The van der Waals surface area contributed by atoms with Crippen LogP contribution in [0.5, 0.6) is 5.75 Å². The van der Waals surface area contributed by atoms with Crippen LogP contribution in [0.1, 0.15) is 30.8 Å². The molecule has 4 heteroatoms. The lowest BCUT2D eigenvalue weighted by molar-refractivity contribution is 0.289. The Kier molecular flexibility index (Phi) is 5.39. The number of rotatable bonds is 7. The summed E-state index contributed by atoms with van der Waals surface area (Å²) in [6.45, 7) is 10.8. The van der Waals surface area contributed by atoms with Gasteiger partial charge < -0.3 is 10.1 Å². The van der Waals surface area contributed by atoms with Crippen molar-refractivity contribution in [3.05, 3.63) is 47.3 Å². The zero-order chi connectivity index (χ0) is 15.2. The molecule has 1 aromatic heterocycles.